The van der Waals surface area contributed by atoms with Gasteiger partial charge in [-0.3, -0.25) is 0 Å². The van der Waals surface area contributed by atoms with Crippen LogP contribution in [0.25, 0.3) is 0 Å². The minimum Gasteiger partial charge on any atom is -0.381 e. The van der Waals surface area contributed by atoms with Crippen molar-refractivity contribution in [1.82, 2.24) is 5.32 Å². The van der Waals surface area contributed by atoms with Crippen LogP contribution in [-0.2, 0) is 9.47 Å². The first-order valence-electron chi connectivity index (χ1n) is 7.00. The van der Waals surface area contributed by atoms with Gasteiger partial charge in [0.2, 0.25) is 0 Å². The van der Waals surface area contributed by atoms with E-state index in [1.807, 2.05) is 0 Å². The van der Waals surface area contributed by atoms with Crippen molar-refractivity contribution < 1.29 is 9.47 Å². The van der Waals surface area contributed by atoms with E-state index < -0.39 is 0 Å². The van der Waals surface area contributed by atoms with Gasteiger partial charge in [0, 0.05) is 18.6 Å². The van der Waals surface area contributed by atoms with E-state index in [0.717, 1.165) is 19.8 Å². The van der Waals surface area contributed by atoms with E-state index >= 15 is 0 Å². The molecule has 0 aromatic carbocycles. The Labute approximate surface area is 105 Å². The molecule has 0 aromatic heterocycles. The predicted octanol–water partition coefficient (Wildman–Crippen LogP) is 2.21. The third-order valence-corrected chi connectivity index (χ3v) is 4.40. The molecule has 1 aliphatic carbocycles. The van der Waals surface area contributed by atoms with Crippen molar-refractivity contribution in [2.45, 2.75) is 51.7 Å². The van der Waals surface area contributed by atoms with Crippen LogP contribution < -0.4 is 5.32 Å². The number of hydrogen-bond donors (Lipinski definition) is 1. The second kappa shape index (κ2) is 5.68. The van der Waals surface area contributed by atoms with Gasteiger partial charge in [0.25, 0.3) is 0 Å². The Hall–Kier alpha value is -0.120. The zero-order chi connectivity index (χ0) is 12.3. The molecule has 2 rings (SSSR count). The topological polar surface area (TPSA) is 30.5 Å². The van der Waals surface area contributed by atoms with Crippen molar-refractivity contribution in [1.29, 1.82) is 0 Å². The summed E-state index contributed by atoms with van der Waals surface area (Å²) in [5.41, 5.74) is 0.351. The van der Waals surface area contributed by atoms with Crippen LogP contribution in [0.1, 0.15) is 39.5 Å². The van der Waals surface area contributed by atoms with Crippen molar-refractivity contribution >= 4 is 0 Å². The molecule has 3 atom stereocenters. The van der Waals surface area contributed by atoms with Crippen LogP contribution in [0, 0.1) is 11.3 Å². The fourth-order valence-electron chi connectivity index (χ4n) is 3.31. The molecule has 3 heteroatoms. The normalized spacial score (nSPS) is 37.2. The van der Waals surface area contributed by atoms with Gasteiger partial charge in [0.15, 0.2) is 0 Å². The number of likely N-dealkylation sites (N-methyl/N-ethyl adjacent to an activating group) is 1. The van der Waals surface area contributed by atoms with E-state index in [1.54, 1.807) is 0 Å². The van der Waals surface area contributed by atoms with Crippen molar-refractivity contribution in [3.8, 4) is 0 Å². The molecule has 3 nitrogen and oxygen atoms in total. The molecule has 0 amide bonds. The van der Waals surface area contributed by atoms with Gasteiger partial charge >= 0.3 is 0 Å². The summed E-state index contributed by atoms with van der Waals surface area (Å²) in [6.07, 6.45) is 5.33. The van der Waals surface area contributed by atoms with Crippen LogP contribution in [0.3, 0.4) is 0 Å². The molecule has 100 valence electrons. The Morgan fingerprint density at radius 2 is 2.18 bits per heavy atom. The predicted molar refractivity (Wildman–Crippen MR) is 69.1 cm³/mol. The van der Waals surface area contributed by atoms with E-state index in [4.69, 9.17) is 9.47 Å². The van der Waals surface area contributed by atoms with Crippen molar-refractivity contribution in [2.24, 2.45) is 11.3 Å². The second-order valence-electron chi connectivity index (χ2n) is 6.25. The number of rotatable bonds is 4. The van der Waals surface area contributed by atoms with Gasteiger partial charge in [-0.2, -0.15) is 0 Å². The SMILES string of the molecule is CNC1C(OCC2CCOC2)CCCC1(C)C. The molecule has 1 N–H and O–H groups in total. The van der Waals surface area contributed by atoms with E-state index in [-0.39, 0.29) is 0 Å². The van der Waals surface area contributed by atoms with E-state index in [0.29, 0.717) is 23.5 Å². The molecule has 1 heterocycles. The Morgan fingerprint density at radius 1 is 1.35 bits per heavy atom. The highest BCUT2D eigenvalue weighted by atomic mass is 16.5. The summed E-state index contributed by atoms with van der Waals surface area (Å²) < 4.78 is 11.6. The van der Waals surface area contributed by atoms with Crippen LogP contribution in [-0.4, -0.2) is 39.0 Å². The molecule has 2 fully saturated rings. The molecule has 2 aliphatic rings. The largest absolute Gasteiger partial charge is 0.381 e. The fraction of sp³-hybridized carbons (Fsp3) is 1.00. The maximum absolute atomic E-state index is 6.16. The second-order valence-corrected chi connectivity index (χ2v) is 6.25. The molecule has 1 saturated carbocycles. The van der Waals surface area contributed by atoms with Gasteiger partial charge in [0.05, 0.1) is 19.3 Å². The molecule has 1 saturated heterocycles. The first-order valence-corrected chi connectivity index (χ1v) is 7.00. The van der Waals surface area contributed by atoms with Gasteiger partial charge in [-0.05, 0) is 31.7 Å². The lowest BCUT2D eigenvalue weighted by molar-refractivity contribution is -0.0477. The molecule has 0 radical (unpaired) electrons. The van der Waals surface area contributed by atoms with E-state index in [9.17, 15) is 0 Å². The van der Waals surface area contributed by atoms with Crippen molar-refractivity contribution in [2.75, 3.05) is 26.9 Å². The van der Waals surface area contributed by atoms with E-state index in [1.165, 1.54) is 25.7 Å². The molecular formula is C14H27NO2. The van der Waals surface area contributed by atoms with Crippen molar-refractivity contribution in [3.05, 3.63) is 0 Å². The molecule has 17 heavy (non-hydrogen) atoms. The summed E-state index contributed by atoms with van der Waals surface area (Å²) in [7, 11) is 2.06. The highest BCUT2D eigenvalue weighted by Crippen LogP contribution is 2.37. The molecule has 0 bridgehead atoms. The van der Waals surface area contributed by atoms with Crippen LogP contribution >= 0.6 is 0 Å². The summed E-state index contributed by atoms with van der Waals surface area (Å²) in [6, 6.07) is 0.485. The van der Waals surface area contributed by atoms with E-state index in [2.05, 4.69) is 26.2 Å². The lowest BCUT2D eigenvalue weighted by Crippen LogP contribution is -2.52. The zero-order valence-corrected chi connectivity index (χ0v) is 11.5. The first kappa shape index (κ1) is 13.3. The first-order chi connectivity index (χ1) is 8.13. The quantitative estimate of drug-likeness (QED) is 0.818. The third kappa shape index (κ3) is 3.21. The Bertz CT molecular complexity index is 236. The summed E-state index contributed by atoms with van der Waals surface area (Å²) in [5.74, 6) is 0.623. The maximum atomic E-state index is 6.16. The molecule has 0 spiro atoms. The summed E-state index contributed by atoms with van der Waals surface area (Å²) >= 11 is 0. The Kier molecular flexibility index (Phi) is 4.45. The number of ether oxygens (including phenoxy) is 2. The third-order valence-electron chi connectivity index (χ3n) is 4.40. The molecule has 0 aromatic rings. The summed E-state index contributed by atoms with van der Waals surface area (Å²) in [5, 5.41) is 3.46. The molecule has 3 unspecified atom stereocenters. The monoisotopic (exact) mass is 241 g/mol. The highest BCUT2D eigenvalue weighted by molar-refractivity contribution is 4.93. The van der Waals surface area contributed by atoms with Gasteiger partial charge in [-0.15, -0.1) is 0 Å². The van der Waals surface area contributed by atoms with Crippen molar-refractivity contribution in [3.63, 3.8) is 0 Å². The lowest BCUT2D eigenvalue weighted by Gasteiger charge is -2.43. The number of nitrogens with one attached hydrogen (secondary N) is 1. The van der Waals surface area contributed by atoms with Gasteiger partial charge < -0.3 is 14.8 Å². The minimum absolute atomic E-state index is 0.351. The summed E-state index contributed by atoms with van der Waals surface area (Å²) in [4.78, 5) is 0. The van der Waals surface area contributed by atoms with Crippen LogP contribution in [0.15, 0.2) is 0 Å². The summed E-state index contributed by atoms with van der Waals surface area (Å²) in [6.45, 7) is 7.38. The molecule has 1 aliphatic heterocycles. The average molecular weight is 241 g/mol. The number of hydrogen-bond acceptors (Lipinski definition) is 3. The fourth-order valence-corrected chi connectivity index (χ4v) is 3.31. The van der Waals surface area contributed by atoms with Crippen LogP contribution in [0.5, 0.6) is 0 Å². The minimum atomic E-state index is 0.351. The maximum Gasteiger partial charge on any atom is 0.0733 e. The smallest absolute Gasteiger partial charge is 0.0733 e. The lowest BCUT2D eigenvalue weighted by atomic mass is 9.72. The molecular weight excluding hydrogens is 214 g/mol. The Morgan fingerprint density at radius 3 is 2.82 bits per heavy atom. The zero-order valence-electron chi connectivity index (χ0n) is 11.5. The van der Waals surface area contributed by atoms with Gasteiger partial charge in [0.1, 0.15) is 0 Å². The highest BCUT2D eigenvalue weighted by Gasteiger charge is 2.38. The van der Waals surface area contributed by atoms with Gasteiger partial charge in [-0.25, -0.2) is 0 Å². The average Bonchev–Trinajstić information content (AvgIpc) is 2.78. The Balaban J connectivity index is 1.85. The van der Waals surface area contributed by atoms with Crippen LogP contribution in [0.4, 0.5) is 0 Å². The standard InChI is InChI=1S/C14H27NO2/c1-14(2)7-4-5-12(13(14)15-3)17-10-11-6-8-16-9-11/h11-13,15H,4-10H2,1-3H3. The van der Waals surface area contributed by atoms with Crippen LogP contribution in [0.2, 0.25) is 0 Å². The van der Waals surface area contributed by atoms with Gasteiger partial charge in [-0.1, -0.05) is 20.3 Å².